The fraction of sp³-hybridized carbons (Fsp3) is 0.750. The molecule has 2 aliphatic rings. The summed E-state index contributed by atoms with van der Waals surface area (Å²) in [5, 5.41) is 0. The van der Waals surface area contributed by atoms with Gasteiger partial charge < -0.3 is 9.64 Å². The number of piperidine rings is 1. The third-order valence-corrected chi connectivity index (χ3v) is 6.35. The number of amides is 1. The first-order chi connectivity index (χ1) is 14.5. The van der Waals surface area contributed by atoms with Crippen molar-refractivity contribution in [2.75, 3.05) is 20.2 Å². The molecule has 0 aromatic heterocycles. The van der Waals surface area contributed by atoms with Crippen LogP contribution < -0.4 is 0 Å². The summed E-state index contributed by atoms with van der Waals surface area (Å²) in [6, 6.07) is 0. The Labute approximate surface area is 180 Å². The molecule has 0 aromatic carbocycles. The molecular formula is C24H37NO5. The molecule has 0 spiro atoms. The molecule has 0 radical (unpaired) electrons. The van der Waals surface area contributed by atoms with Gasteiger partial charge in [-0.2, -0.15) is 0 Å². The third kappa shape index (κ3) is 8.41. The lowest BCUT2D eigenvalue weighted by Crippen LogP contribution is -2.35. The minimum atomic E-state index is -0.173. The smallest absolute Gasteiger partial charge is 0.305 e. The van der Waals surface area contributed by atoms with E-state index in [2.05, 4.69) is 4.74 Å². The van der Waals surface area contributed by atoms with E-state index in [0.717, 1.165) is 64.5 Å². The number of ether oxygens (including phenoxy) is 1. The van der Waals surface area contributed by atoms with Crippen LogP contribution in [0, 0.1) is 11.8 Å². The van der Waals surface area contributed by atoms with E-state index < -0.39 is 0 Å². The minimum Gasteiger partial charge on any atom is -0.469 e. The fourth-order valence-electron chi connectivity index (χ4n) is 4.47. The maximum Gasteiger partial charge on any atom is 0.305 e. The van der Waals surface area contributed by atoms with Gasteiger partial charge in [-0.1, -0.05) is 25.3 Å². The summed E-state index contributed by atoms with van der Waals surface area (Å²) >= 11 is 0. The molecule has 2 rings (SSSR count). The number of allylic oxidation sites excluding steroid dienone is 2. The van der Waals surface area contributed by atoms with E-state index in [4.69, 9.17) is 0 Å². The van der Waals surface area contributed by atoms with E-state index in [1.54, 1.807) is 6.08 Å². The number of likely N-dealkylation sites (tertiary alicyclic amines) is 1. The lowest BCUT2D eigenvalue weighted by atomic mass is 9.89. The van der Waals surface area contributed by atoms with E-state index >= 15 is 0 Å². The molecule has 1 amide bonds. The predicted octanol–water partition coefficient (Wildman–Crippen LogP) is 4.01. The lowest BCUT2D eigenvalue weighted by Gasteiger charge is -2.26. The average Bonchev–Trinajstić information content (AvgIpc) is 3.12. The molecule has 6 heteroatoms. The Morgan fingerprint density at radius 3 is 2.47 bits per heavy atom. The van der Waals surface area contributed by atoms with Gasteiger partial charge >= 0.3 is 5.97 Å². The van der Waals surface area contributed by atoms with E-state index in [9.17, 15) is 19.2 Å². The highest BCUT2D eigenvalue weighted by atomic mass is 16.5. The Kier molecular flexibility index (Phi) is 10.8. The lowest BCUT2D eigenvalue weighted by molar-refractivity contribution is -0.140. The topological polar surface area (TPSA) is 80.8 Å². The van der Waals surface area contributed by atoms with E-state index in [-0.39, 0.29) is 42.3 Å². The largest absolute Gasteiger partial charge is 0.469 e. The second kappa shape index (κ2) is 13.3. The molecule has 1 saturated heterocycles. The third-order valence-electron chi connectivity index (χ3n) is 6.35. The molecule has 1 saturated carbocycles. The van der Waals surface area contributed by atoms with Gasteiger partial charge in [0.2, 0.25) is 5.91 Å². The second-order valence-corrected chi connectivity index (χ2v) is 8.57. The standard InChI is InChI=1S/C24H37NO5/c1-30-24(29)10-6-3-2-5-9-21-19(12-15-22(21)27)11-13-20(26)14-16-23(28)25-17-7-4-8-18-25/h11,13,19,21H,2-10,12,14-18H2,1H3. The van der Waals surface area contributed by atoms with E-state index in [0.29, 0.717) is 18.6 Å². The van der Waals surface area contributed by atoms with Crippen molar-refractivity contribution in [3.63, 3.8) is 0 Å². The molecule has 30 heavy (non-hydrogen) atoms. The zero-order valence-corrected chi connectivity index (χ0v) is 18.4. The molecule has 6 nitrogen and oxygen atoms in total. The first kappa shape index (κ1) is 24.3. The molecule has 2 unspecified atom stereocenters. The highest BCUT2D eigenvalue weighted by Crippen LogP contribution is 2.33. The Morgan fingerprint density at radius 1 is 1.00 bits per heavy atom. The highest BCUT2D eigenvalue weighted by molar-refractivity contribution is 5.93. The summed E-state index contributed by atoms with van der Waals surface area (Å²) in [7, 11) is 1.40. The number of unbranched alkanes of at least 4 members (excludes halogenated alkanes) is 3. The van der Waals surface area contributed by atoms with Gasteiger partial charge in [0.05, 0.1) is 7.11 Å². The molecule has 0 N–H and O–H groups in total. The Balaban J connectivity index is 1.67. The zero-order chi connectivity index (χ0) is 21.8. The summed E-state index contributed by atoms with van der Waals surface area (Å²) in [4.78, 5) is 49.6. The van der Waals surface area contributed by atoms with Crippen LogP contribution in [-0.4, -0.2) is 48.5 Å². The van der Waals surface area contributed by atoms with Crippen molar-refractivity contribution in [3.05, 3.63) is 12.2 Å². The first-order valence-corrected chi connectivity index (χ1v) is 11.6. The number of esters is 1. The van der Waals surface area contributed by atoms with Gasteiger partial charge in [-0.05, 0) is 50.5 Å². The van der Waals surface area contributed by atoms with Gasteiger partial charge in [0.15, 0.2) is 5.78 Å². The van der Waals surface area contributed by atoms with E-state index in [1.165, 1.54) is 13.5 Å². The van der Waals surface area contributed by atoms with Crippen LogP contribution in [0.4, 0.5) is 0 Å². The minimum absolute atomic E-state index is 0.00430. The quantitative estimate of drug-likeness (QED) is 0.271. The van der Waals surface area contributed by atoms with Crippen molar-refractivity contribution in [2.24, 2.45) is 11.8 Å². The van der Waals surface area contributed by atoms with Gasteiger partial charge in [0.25, 0.3) is 0 Å². The van der Waals surface area contributed by atoms with Crippen LogP contribution >= 0.6 is 0 Å². The summed E-state index contributed by atoms with van der Waals surface area (Å²) in [6.45, 7) is 1.63. The van der Waals surface area contributed by atoms with Crippen LogP contribution in [0.2, 0.25) is 0 Å². The SMILES string of the molecule is COC(=O)CCCCCCC1C(=O)CCC1C=CC(=O)CCC(=O)N1CCCCC1. The molecule has 0 bridgehead atoms. The molecular weight excluding hydrogens is 382 g/mol. The number of hydrogen-bond acceptors (Lipinski definition) is 5. The summed E-state index contributed by atoms with van der Waals surface area (Å²) in [5.41, 5.74) is 0. The van der Waals surface area contributed by atoms with Crippen LogP contribution in [0.25, 0.3) is 0 Å². The first-order valence-electron chi connectivity index (χ1n) is 11.6. The monoisotopic (exact) mass is 419 g/mol. The number of methoxy groups -OCH3 is 1. The van der Waals surface area contributed by atoms with Crippen LogP contribution in [0.1, 0.15) is 83.5 Å². The summed E-state index contributed by atoms with van der Waals surface area (Å²) in [6.07, 6.45) is 13.7. The number of carbonyl (C=O) groups excluding carboxylic acids is 4. The molecule has 0 aromatic rings. The average molecular weight is 420 g/mol. The normalized spacial score (nSPS) is 21.9. The van der Waals surface area contributed by atoms with Crippen molar-refractivity contribution in [1.82, 2.24) is 4.90 Å². The molecule has 1 aliphatic heterocycles. The fourth-order valence-corrected chi connectivity index (χ4v) is 4.47. The molecule has 1 heterocycles. The highest BCUT2D eigenvalue weighted by Gasteiger charge is 2.32. The van der Waals surface area contributed by atoms with Crippen LogP contribution in [0.3, 0.4) is 0 Å². The maximum atomic E-state index is 12.2. The van der Waals surface area contributed by atoms with Gasteiger partial charge in [-0.15, -0.1) is 0 Å². The van der Waals surface area contributed by atoms with Crippen molar-refractivity contribution in [3.8, 4) is 0 Å². The van der Waals surface area contributed by atoms with Crippen molar-refractivity contribution in [1.29, 1.82) is 0 Å². The van der Waals surface area contributed by atoms with Gasteiger partial charge in [0.1, 0.15) is 5.78 Å². The summed E-state index contributed by atoms with van der Waals surface area (Å²) in [5.74, 6) is 0.318. The Morgan fingerprint density at radius 2 is 1.73 bits per heavy atom. The van der Waals surface area contributed by atoms with Gasteiger partial charge in [0, 0.05) is 44.7 Å². The number of rotatable bonds is 12. The van der Waals surface area contributed by atoms with Gasteiger partial charge in [-0.25, -0.2) is 0 Å². The molecule has 2 fully saturated rings. The molecule has 1 aliphatic carbocycles. The number of hydrogen-bond donors (Lipinski definition) is 0. The number of carbonyl (C=O) groups is 4. The Hall–Kier alpha value is -1.98. The van der Waals surface area contributed by atoms with Crippen LogP contribution in [-0.2, 0) is 23.9 Å². The maximum absolute atomic E-state index is 12.2. The van der Waals surface area contributed by atoms with E-state index in [1.807, 2.05) is 11.0 Å². The summed E-state index contributed by atoms with van der Waals surface area (Å²) < 4.78 is 4.63. The van der Waals surface area contributed by atoms with Crippen LogP contribution in [0.15, 0.2) is 12.2 Å². The molecule has 2 atom stereocenters. The Bertz CT molecular complexity index is 621. The second-order valence-electron chi connectivity index (χ2n) is 8.57. The molecule has 168 valence electrons. The van der Waals surface area contributed by atoms with Crippen LogP contribution in [0.5, 0.6) is 0 Å². The van der Waals surface area contributed by atoms with Crippen molar-refractivity contribution < 1.29 is 23.9 Å². The van der Waals surface area contributed by atoms with Crippen molar-refractivity contribution in [2.45, 2.75) is 83.5 Å². The zero-order valence-electron chi connectivity index (χ0n) is 18.4. The van der Waals surface area contributed by atoms with Crippen molar-refractivity contribution >= 4 is 23.4 Å². The number of Topliss-reactive ketones (excluding diaryl/α,β-unsaturated/α-hetero) is 1. The van der Waals surface area contributed by atoms with Gasteiger partial charge in [-0.3, -0.25) is 19.2 Å². The number of nitrogens with zero attached hydrogens (tertiary/aromatic N) is 1. The predicted molar refractivity (Wildman–Crippen MR) is 115 cm³/mol. The number of ketones is 2.